The molecule has 0 spiro atoms. The van der Waals surface area contributed by atoms with Gasteiger partial charge in [-0.1, -0.05) is 6.07 Å². The lowest BCUT2D eigenvalue weighted by atomic mass is 9.99. The van der Waals surface area contributed by atoms with Crippen molar-refractivity contribution in [2.24, 2.45) is 11.8 Å². The number of carboxylic acid groups (broad SMARTS) is 1. The minimum Gasteiger partial charge on any atom is -0.481 e. The second-order valence-corrected chi connectivity index (χ2v) is 4.60. The molecule has 13 heavy (non-hydrogen) atoms. The minimum absolute atomic E-state index is 0.140. The molecule has 1 aromatic heterocycles. The fraction of sp³-hybridized carbons (Fsp3) is 0.500. The molecule has 0 aromatic carbocycles. The average Bonchev–Trinajstić information content (AvgIpc) is 2.79. The van der Waals surface area contributed by atoms with Crippen LogP contribution in [0.1, 0.15) is 17.7 Å². The number of thiophene rings is 1. The van der Waals surface area contributed by atoms with Crippen molar-refractivity contribution in [3.05, 3.63) is 22.4 Å². The molecule has 3 heteroatoms. The molecule has 1 atom stereocenters. The van der Waals surface area contributed by atoms with Crippen molar-refractivity contribution in [2.45, 2.75) is 19.3 Å². The van der Waals surface area contributed by atoms with E-state index >= 15 is 0 Å². The summed E-state index contributed by atoms with van der Waals surface area (Å²) in [5.74, 6) is -0.325. The second kappa shape index (κ2) is 3.50. The van der Waals surface area contributed by atoms with E-state index in [0.29, 0.717) is 5.92 Å². The number of rotatable bonds is 4. The Morgan fingerprint density at radius 2 is 2.46 bits per heavy atom. The molecule has 1 aliphatic carbocycles. The van der Waals surface area contributed by atoms with Crippen LogP contribution in [0.2, 0.25) is 0 Å². The Labute approximate surface area is 81.2 Å². The maximum absolute atomic E-state index is 10.9. The molecule has 0 radical (unpaired) electrons. The summed E-state index contributed by atoms with van der Waals surface area (Å²) in [4.78, 5) is 12.1. The first kappa shape index (κ1) is 8.75. The Bertz CT molecular complexity index is 288. The zero-order valence-corrected chi connectivity index (χ0v) is 8.09. The van der Waals surface area contributed by atoms with Gasteiger partial charge in [0.2, 0.25) is 0 Å². The number of aliphatic carboxylic acids is 1. The van der Waals surface area contributed by atoms with Gasteiger partial charge in [-0.3, -0.25) is 4.79 Å². The molecule has 2 nitrogen and oxygen atoms in total. The van der Waals surface area contributed by atoms with E-state index in [-0.39, 0.29) is 5.92 Å². The highest BCUT2D eigenvalue weighted by molar-refractivity contribution is 7.09. The number of hydrogen-bond acceptors (Lipinski definition) is 2. The lowest BCUT2D eigenvalue weighted by molar-refractivity contribution is -0.142. The van der Waals surface area contributed by atoms with Gasteiger partial charge in [-0.05, 0) is 36.6 Å². The molecule has 1 aliphatic rings. The third-order valence-electron chi connectivity index (χ3n) is 2.51. The molecule has 0 saturated heterocycles. The van der Waals surface area contributed by atoms with Gasteiger partial charge in [0.05, 0.1) is 5.92 Å². The Morgan fingerprint density at radius 3 is 2.92 bits per heavy atom. The number of carbonyl (C=O) groups is 1. The minimum atomic E-state index is -0.629. The van der Waals surface area contributed by atoms with Gasteiger partial charge in [-0.25, -0.2) is 0 Å². The van der Waals surface area contributed by atoms with Crippen LogP contribution in [-0.2, 0) is 11.2 Å². The zero-order valence-electron chi connectivity index (χ0n) is 7.27. The van der Waals surface area contributed by atoms with E-state index in [2.05, 4.69) is 0 Å². The number of carboxylic acids is 1. The smallest absolute Gasteiger partial charge is 0.307 e. The van der Waals surface area contributed by atoms with Crippen LogP contribution >= 0.6 is 11.3 Å². The van der Waals surface area contributed by atoms with Crippen LogP contribution in [0.25, 0.3) is 0 Å². The second-order valence-electron chi connectivity index (χ2n) is 3.57. The van der Waals surface area contributed by atoms with E-state index in [1.165, 1.54) is 4.88 Å². The van der Waals surface area contributed by atoms with Crippen LogP contribution in [0.15, 0.2) is 17.5 Å². The first-order valence-electron chi connectivity index (χ1n) is 4.52. The summed E-state index contributed by atoms with van der Waals surface area (Å²) in [6, 6.07) is 3.99. The van der Waals surface area contributed by atoms with Gasteiger partial charge in [0.25, 0.3) is 0 Å². The number of hydrogen-bond donors (Lipinski definition) is 1. The van der Waals surface area contributed by atoms with E-state index in [1.54, 1.807) is 11.3 Å². The molecular formula is C10H12O2S. The maximum atomic E-state index is 10.9. The molecule has 0 bridgehead atoms. The van der Waals surface area contributed by atoms with Crippen molar-refractivity contribution in [3.63, 3.8) is 0 Å². The highest BCUT2D eigenvalue weighted by Gasteiger charge is 2.36. The molecule has 1 saturated carbocycles. The highest BCUT2D eigenvalue weighted by Crippen LogP contribution is 2.39. The average molecular weight is 196 g/mol. The fourth-order valence-electron chi connectivity index (χ4n) is 1.60. The summed E-state index contributed by atoms with van der Waals surface area (Å²) in [6.45, 7) is 0. The van der Waals surface area contributed by atoms with Gasteiger partial charge in [0.1, 0.15) is 0 Å². The van der Waals surface area contributed by atoms with Crippen LogP contribution in [0, 0.1) is 11.8 Å². The molecule has 1 aromatic rings. The quantitative estimate of drug-likeness (QED) is 0.802. The van der Waals surface area contributed by atoms with Gasteiger partial charge in [0, 0.05) is 4.88 Å². The predicted octanol–water partition coefficient (Wildman–Crippen LogP) is 2.40. The Hall–Kier alpha value is -0.830. The van der Waals surface area contributed by atoms with E-state index in [0.717, 1.165) is 19.3 Å². The van der Waals surface area contributed by atoms with E-state index < -0.39 is 5.97 Å². The summed E-state index contributed by atoms with van der Waals surface area (Å²) in [6.07, 6.45) is 2.92. The van der Waals surface area contributed by atoms with Crippen LogP contribution in [0.3, 0.4) is 0 Å². The van der Waals surface area contributed by atoms with Crippen molar-refractivity contribution in [1.29, 1.82) is 0 Å². The fourth-order valence-corrected chi connectivity index (χ4v) is 2.36. The third kappa shape index (κ3) is 2.10. The van der Waals surface area contributed by atoms with Crippen LogP contribution < -0.4 is 0 Å². The summed E-state index contributed by atoms with van der Waals surface area (Å²) in [7, 11) is 0. The highest BCUT2D eigenvalue weighted by atomic mass is 32.1. The largest absolute Gasteiger partial charge is 0.481 e. The molecule has 1 N–H and O–H groups in total. The van der Waals surface area contributed by atoms with E-state index in [9.17, 15) is 4.79 Å². The SMILES string of the molecule is O=C(O)C(Cc1cccs1)C1CC1. The van der Waals surface area contributed by atoms with Crippen molar-refractivity contribution in [3.8, 4) is 0 Å². The third-order valence-corrected chi connectivity index (χ3v) is 3.41. The maximum Gasteiger partial charge on any atom is 0.307 e. The molecule has 1 heterocycles. The molecular weight excluding hydrogens is 184 g/mol. The predicted molar refractivity (Wildman–Crippen MR) is 51.9 cm³/mol. The Morgan fingerprint density at radius 1 is 1.69 bits per heavy atom. The van der Waals surface area contributed by atoms with Crippen molar-refractivity contribution in [2.75, 3.05) is 0 Å². The van der Waals surface area contributed by atoms with Gasteiger partial charge >= 0.3 is 5.97 Å². The van der Waals surface area contributed by atoms with Gasteiger partial charge in [-0.15, -0.1) is 11.3 Å². The molecule has 0 amide bonds. The molecule has 1 unspecified atom stereocenters. The monoisotopic (exact) mass is 196 g/mol. The zero-order chi connectivity index (χ0) is 9.26. The normalized spacial score (nSPS) is 18.5. The molecule has 0 aliphatic heterocycles. The van der Waals surface area contributed by atoms with Gasteiger partial charge < -0.3 is 5.11 Å². The van der Waals surface area contributed by atoms with Crippen LogP contribution in [-0.4, -0.2) is 11.1 Å². The Kier molecular flexibility index (Phi) is 2.36. The summed E-state index contributed by atoms with van der Waals surface area (Å²) < 4.78 is 0. The van der Waals surface area contributed by atoms with Crippen molar-refractivity contribution >= 4 is 17.3 Å². The topological polar surface area (TPSA) is 37.3 Å². The first-order chi connectivity index (χ1) is 6.27. The molecule has 2 rings (SSSR count). The Balaban J connectivity index is 2.01. The van der Waals surface area contributed by atoms with Gasteiger partial charge in [-0.2, -0.15) is 0 Å². The first-order valence-corrected chi connectivity index (χ1v) is 5.40. The van der Waals surface area contributed by atoms with Gasteiger partial charge in [0.15, 0.2) is 0 Å². The van der Waals surface area contributed by atoms with Crippen molar-refractivity contribution < 1.29 is 9.90 Å². The lowest BCUT2D eigenvalue weighted by Crippen LogP contribution is -2.17. The van der Waals surface area contributed by atoms with Crippen LogP contribution in [0.4, 0.5) is 0 Å². The summed E-state index contributed by atoms with van der Waals surface area (Å²) >= 11 is 1.65. The lowest BCUT2D eigenvalue weighted by Gasteiger charge is -2.08. The standard InChI is InChI=1S/C10H12O2S/c11-10(12)9(7-3-4-7)6-8-2-1-5-13-8/h1-2,5,7,9H,3-4,6H2,(H,11,12). The van der Waals surface area contributed by atoms with Crippen LogP contribution in [0.5, 0.6) is 0 Å². The van der Waals surface area contributed by atoms with E-state index in [1.807, 2.05) is 17.5 Å². The summed E-state index contributed by atoms with van der Waals surface area (Å²) in [5.41, 5.74) is 0. The molecule has 1 fully saturated rings. The summed E-state index contributed by atoms with van der Waals surface area (Å²) in [5, 5.41) is 11.0. The van der Waals surface area contributed by atoms with Crippen molar-refractivity contribution in [1.82, 2.24) is 0 Å². The molecule has 70 valence electrons. The van der Waals surface area contributed by atoms with E-state index in [4.69, 9.17) is 5.11 Å².